The van der Waals surface area contributed by atoms with E-state index in [0.717, 1.165) is 116 Å². The van der Waals surface area contributed by atoms with E-state index in [0.29, 0.717) is 23.3 Å². The minimum absolute atomic E-state index is 0.645. The van der Waals surface area contributed by atoms with Gasteiger partial charge in [-0.05, 0) is 64.0 Å². The van der Waals surface area contributed by atoms with Crippen molar-refractivity contribution in [1.29, 1.82) is 0 Å². The third-order valence-corrected chi connectivity index (χ3v) is 14.6. The maximum atomic E-state index is 5.06. The lowest BCUT2D eigenvalue weighted by Crippen LogP contribution is -2.00. The van der Waals surface area contributed by atoms with Crippen LogP contribution >= 0.6 is 0 Å². The van der Waals surface area contributed by atoms with Crippen LogP contribution in [0, 0.1) is 0 Å². The molecule has 0 aliphatic rings. The molecule has 0 N–H and O–H groups in total. The van der Waals surface area contributed by atoms with E-state index in [2.05, 4.69) is 155 Å². The summed E-state index contributed by atoms with van der Waals surface area (Å²) in [5.74, 6) is 2.66. The fourth-order valence-electron chi connectivity index (χ4n) is 11.0. The summed E-state index contributed by atoms with van der Waals surface area (Å²) in [7, 11) is 0. The summed E-state index contributed by atoms with van der Waals surface area (Å²) < 4.78 is 4.36. The molecule has 0 atom stereocenters. The van der Waals surface area contributed by atoms with E-state index >= 15 is 0 Å². The Morgan fingerprint density at radius 2 is 0.564 bits per heavy atom. The number of hydrogen-bond donors (Lipinski definition) is 0. The molecule has 0 saturated carbocycles. The number of nitrogens with zero attached hydrogens (tertiary/aromatic N) is 9. The quantitative estimate of drug-likeness (QED) is 0.153. The molecular weight excluding hydrogens is 955 g/mol. The first-order valence-electron chi connectivity index (χ1n) is 26.0. The highest BCUT2D eigenvalue weighted by atomic mass is 15.0. The minimum atomic E-state index is 0.645. The first-order chi connectivity index (χ1) is 38.7. The molecule has 16 aromatic rings. The number of rotatable bonds is 6. The number of imidazole rings is 2. The zero-order valence-corrected chi connectivity index (χ0v) is 41.9. The van der Waals surface area contributed by atoms with Crippen molar-refractivity contribution in [2.45, 2.75) is 0 Å². The number of benzene rings is 10. The van der Waals surface area contributed by atoms with Crippen molar-refractivity contribution in [2.24, 2.45) is 0 Å². The number of aromatic nitrogens is 9. The molecule has 9 nitrogen and oxygen atoms in total. The molecule has 0 radical (unpaired) electrons. The van der Waals surface area contributed by atoms with Crippen molar-refractivity contribution in [3.8, 4) is 68.1 Å². The lowest BCUT2D eigenvalue weighted by Gasteiger charge is -2.12. The Hall–Kier alpha value is -10.8. The number of pyridine rings is 2. The minimum Gasteiger partial charge on any atom is -0.299 e. The maximum absolute atomic E-state index is 5.06. The molecule has 6 heterocycles. The van der Waals surface area contributed by atoms with Crippen molar-refractivity contribution in [3.05, 3.63) is 261 Å². The second-order valence-electron chi connectivity index (χ2n) is 19.3. The molecule has 0 amide bonds. The van der Waals surface area contributed by atoms with E-state index in [9.17, 15) is 0 Å². The molecule has 0 bridgehead atoms. The van der Waals surface area contributed by atoms with Crippen LogP contribution in [-0.2, 0) is 0 Å². The molecule has 0 aliphatic carbocycles. The summed E-state index contributed by atoms with van der Waals surface area (Å²) in [6.45, 7) is 0. The van der Waals surface area contributed by atoms with Crippen molar-refractivity contribution < 1.29 is 0 Å². The van der Waals surface area contributed by atoms with Gasteiger partial charge in [0.2, 0.25) is 0 Å². The van der Waals surface area contributed by atoms with E-state index in [1.54, 1.807) is 0 Å². The molecule has 0 unspecified atom stereocenters. The van der Waals surface area contributed by atoms with Crippen LogP contribution in [0.4, 0.5) is 0 Å². The van der Waals surface area contributed by atoms with Crippen LogP contribution < -0.4 is 0 Å². The normalized spacial score (nSPS) is 11.6. The van der Waals surface area contributed by atoms with Gasteiger partial charge in [-0.2, -0.15) is 0 Å². The average molecular weight is 998 g/mol. The average Bonchev–Trinajstić information content (AvgIpc) is 4.16. The topological polar surface area (TPSA) is 99.0 Å². The Kier molecular flexibility index (Phi) is 10.6. The van der Waals surface area contributed by atoms with Gasteiger partial charge in [0.15, 0.2) is 23.3 Å². The predicted molar refractivity (Wildman–Crippen MR) is 317 cm³/mol. The van der Waals surface area contributed by atoms with Crippen LogP contribution in [0.1, 0.15) is 0 Å². The van der Waals surface area contributed by atoms with E-state index in [1.165, 1.54) is 5.39 Å². The Morgan fingerprint density at radius 1 is 0.218 bits per heavy atom. The van der Waals surface area contributed by atoms with Gasteiger partial charge < -0.3 is 0 Å². The fourth-order valence-corrected chi connectivity index (χ4v) is 11.0. The Morgan fingerprint density at radius 3 is 0.987 bits per heavy atom. The molecular formula is C69H43N9. The standard InChI is InChI=1S/C35H22N4.C34H21N5/c1-3-11-23(12-4-1)30-22-31(24-13-5-2-6-14-24)37-35(36-30)25-18-19-28-29(21-25)26-15-7-8-16-27(26)33-34(28)39-20-10-9-17-32(39)38-33;1-3-11-22(12-4-1)32-36-33(23-13-5-2-6-14-23)38-34(37-32)24-18-19-27-28(21-24)25-15-7-8-16-26(25)30-31(27)39-20-10-9-17-29(39)35-30/h1-22H;1-21H. The van der Waals surface area contributed by atoms with Gasteiger partial charge in [0.05, 0.1) is 33.5 Å². The SMILES string of the molecule is c1ccc(-c2cc(-c3ccccc3)nc(-c3ccc4c(c3)c3ccccc3c3nc5ccccn5c43)n2)cc1.c1ccc(-c2nc(-c3ccccc3)nc(-c3ccc4c(c3)c3ccccc3c3nc5ccccn5c43)n2)cc1. The van der Waals surface area contributed by atoms with Gasteiger partial charge in [-0.15, -0.1) is 0 Å². The first kappa shape index (κ1) is 44.7. The van der Waals surface area contributed by atoms with Crippen molar-refractivity contribution in [2.75, 3.05) is 0 Å². The van der Waals surface area contributed by atoms with E-state index in [1.807, 2.05) is 115 Å². The predicted octanol–water partition coefficient (Wildman–Crippen LogP) is 16.6. The summed E-state index contributed by atoms with van der Waals surface area (Å²) in [6.07, 6.45) is 4.17. The summed E-state index contributed by atoms with van der Waals surface area (Å²) in [4.78, 5) is 34.9. The third kappa shape index (κ3) is 7.68. The van der Waals surface area contributed by atoms with Crippen molar-refractivity contribution >= 4 is 76.5 Å². The monoisotopic (exact) mass is 997 g/mol. The molecule has 9 heteroatoms. The Bertz CT molecular complexity index is 4530. The van der Waals surface area contributed by atoms with Gasteiger partial charge in [0, 0.05) is 67.3 Å². The number of fused-ring (bicyclic) bond motifs is 16. The van der Waals surface area contributed by atoms with E-state index in [4.69, 9.17) is 34.9 Å². The highest BCUT2D eigenvalue weighted by Crippen LogP contribution is 2.40. The van der Waals surface area contributed by atoms with E-state index in [-0.39, 0.29) is 0 Å². The van der Waals surface area contributed by atoms with Crippen LogP contribution in [0.2, 0.25) is 0 Å². The second-order valence-corrected chi connectivity index (χ2v) is 19.3. The van der Waals surface area contributed by atoms with Gasteiger partial charge in [-0.3, -0.25) is 8.80 Å². The lowest BCUT2D eigenvalue weighted by atomic mass is 9.97. The molecule has 0 aliphatic heterocycles. The summed E-state index contributed by atoms with van der Waals surface area (Å²) in [6, 6.07) is 85.1. The highest BCUT2D eigenvalue weighted by molar-refractivity contribution is 6.25. The molecule has 364 valence electrons. The van der Waals surface area contributed by atoms with Gasteiger partial charge >= 0.3 is 0 Å². The van der Waals surface area contributed by atoms with Gasteiger partial charge in [0.1, 0.15) is 11.3 Å². The molecule has 78 heavy (non-hydrogen) atoms. The van der Waals surface area contributed by atoms with Gasteiger partial charge in [0.25, 0.3) is 0 Å². The van der Waals surface area contributed by atoms with Crippen LogP contribution in [0.25, 0.3) is 145 Å². The summed E-state index contributed by atoms with van der Waals surface area (Å²) in [5, 5.41) is 9.22. The smallest absolute Gasteiger partial charge is 0.164 e. The third-order valence-electron chi connectivity index (χ3n) is 14.6. The molecule has 16 rings (SSSR count). The van der Waals surface area contributed by atoms with E-state index < -0.39 is 0 Å². The largest absolute Gasteiger partial charge is 0.299 e. The lowest BCUT2D eigenvalue weighted by molar-refractivity contribution is 1.07. The van der Waals surface area contributed by atoms with Crippen LogP contribution in [0.15, 0.2) is 261 Å². The molecule has 0 fully saturated rings. The van der Waals surface area contributed by atoms with Gasteiger partial charge in [-0.25, -0.2) is 34.9 Å². The molecule has 0 spiro atoms. The molecule has 10 aromatic carbocycles. The van der Waals surface area contributed by atoms with Gasteiger partial charge in [-0.1, -0.05) is 206 Å². The zero-order valence-electron chi connectivity index (χ0n) is 41.9. The van der Waals surface area contributed by atoms with Crippen LogP contribution in [0.5, 0.6) is 0 Å². The maximum Gasteiger partial charge on any atom is 0.164 e. The summed E-state index contributed by atoms with van der Waals surface area (Å²) >= 11 is 0. The molecule has 0 saturated heterocycles. The molecule has 6 aromatic heterocycles. The highest BCUT2D eigenvalue weighted by Gasteiger charge is 2.19. The Balaban J connectivity index is 0.000000136. The van der Waals surface area contributed by atoms with Crippen molar-refractivity contribution in [1.82, 2.24) is 43.7 Å². The van der Waals surface area contributed by atoms with Crippen LogP contribution in [-0.4, -0.2) is 43.7 Å². The second kappa shape index (κ2) is 18.6. The first-order valence-corrected chi connectivity index (χ1v) is 26.0. The summed E-state index contributed by atoms with van der Waals surface area (Å²) in [5.41, 5.74) is 13.9. The van der Waals surface area contributed by atoms with Crippen LogP contribution in [0.3, 0.4) is 0 Å². The van der Waals surface area contributed by atoms with Crippen molar-refractivity contribution in [3.63, 3.8) is 0 Å². The Labute approximate surface area is 447 Å². The number of hydrogen-bond acceptors (Lipinski definition) is 7. The zero-order chi connectivity index (χ0) is 51.5. The fraction of sp³-hybridized carbons (Fsp3) is 0.